The normalized spacial score (nSPS) is 14.8. The molecule has 4 rings (SSSR count). The molecular formula is C22H23ClN4O2S. The first-order valence-corrected chi connectivity index (χ1v) is 11.2. The van der Waals surface area contributed by atoms with Crippen molar-refractivity contribution in [2.75, 3.05) is 31.9 Å². The van der Waals surface area contributed by atoms with Crippen LogP contribution in [0.5, 0.6) is 0 Å². The molecule has 0 spiro atoms. The van der Waals surface area contributed by atoms with Crippen molar-refractivity contribution in [3.05, 3.63) is 65.0 Å². The van der Waals surface area contributed by atoms with Gasteiger partial charge in [0.2, 0.25) is 17.6 Å². The zero-order valence-electron chi connectivity index (χ0n) is 16.8. The molecule has 0 radical (unpaired) electrons. The van der Waals surface area contributed by atoms with Gasteiger partial charge < -0.3 is 9.42 Å². The van der Waals surface area contributed by atoms with Crippen molar-refractivity contribution < 1.29 is 9.32 Å². The number of benzene rings is 2. The van der Waals surface area contributed by atoms with Gasteiger partial charge in [-0.25, -0.2) is 0 Å². The second-order valence-corrected chi connectivity index (χ2v) is 8.63. The monoisotopic (exact) mass is 442 g/mol. The Morgan fingerprint density at radius 2 is 1.83 bits per heavy atom. The largest absolute Gasteiger partial charge is 0.339 e. The van der Waals surface area contributed by atoms with Crippen molar-refractivity contribution in [1.29, 1.82) is 0 Å². The third kappa shape index (κ3) is 5.03. The number of carbonyl (C=O) groups excluding carboxylic acids is 1. The van der Waals surface area contributed by atoms with E-state index in [0.717, 1.165) is 29.1 Å². The summed E-state index contributed by atoms with van der Waals surface area (Å²) in [6, 6.07) is 15.6. The van der Waals surface area contributed by atoms with E-state index >= 15 is 0 Å². The Hall–Kier alpha value is -2.35. The Bertz CT molecular complexity index is 1020. The van der Waals surface area contributed by atoms with E-state index in [-0.39, 0.29) is 5.91 Å². The van der Waals surface area contributed by atoms with E-state index in [1.54, 1.807) is 0 Å². The zero-order chi connectivity index (χ0) is 20.9. The summed E-state index contributed by atoms with van der Waals surface area (Å²) in [5.74, 6) is 1.75. The van der Waals surface area contributed by atoms with Crippen LogP contribution in [0.15, 0.2) is 57.9 Å². The van der Waals surface area contributed by atoms with Crippen molar-refractivity contribution in [1.82, 2.24) is 19.9 Å². The molecule has 0 atom stereocenters. The second kappa shape index (κ2) is 9.64. The number of aryl methyl sites for hydroxylation is 1. The van der Waals surface area contributed by atoms with Gasteiger partial charge in [-0.15, -0.1) is 11.8 Å². The Kier molecular flexibility index (Phi) is 6.72. The van der Waals surface area contributed by atoms with Crippen LogP contribution in [0.3, 0.4) is 0 Å². The van der Waals surface area contributed by atoms with Crippen LogP contribution in [0.25, 0.3) is 11.4 Å². The fourth-order valence-electron chi connectivity index (χ4n) is 3.39. The van der Waals surface area contributed by atoms with Gasteiger partial charge in [-0.3, -0.25) is 9.69 Å². The van der Waals surface area contributed by atoms with Crippen molar-refractivity contribution in [2.45, 2.75) is 18.4 Å². The topological polar surface area (TPSA) is 62.5 Å². The van der Waals surface area contributed by atoms with Crippen molar-refractivity contribution >= 4 is 29.3 Å². The van der Waals surface area contributed by atoms with Gasteiger partial charge in [0, 0.05) is 36.6 Å². The third-order valence-electron chi connectivity index (χ3n) is 5.13. The molecule has 0 bridgehead atoms. The van der Waals surface area contributed by atoms with Gasteiger partial charge in [0.15, 0.2) is 0 Å². The van der Waals surface area contributed by atoms with Crippen LogP contribution in [0.1, 0.15) is 11.5 Å². The Balaban J connectivity index is 1.26. The van der Waals surface area contributed by atoms with Crippen molar-refractivity contribution in [3.8, 4) is 11.4 Å². The molecule has 0 N–H and O–H groups in total. The minimum absolute atomic E-state index is 0.138. The van der Waals surface area contributed by atoms with Gasteiger partial charge in [-0.05, 0) is 24.6 Å². The lowest BCUT2D eigenvalue weighted by molar-refractivity contribution is -0.130. The lowest BCUT2D eigenvalue weighted by atomic mass is 10.1. The third-order valence-corrected chi connectivity index (χ3v) is 6.63. The number of halogens is 1. The summed E-state index contributed by atoms with van der Waals surface area (Å²) in [4.78, 5) is 22.2. The highest BCUT2D eigenvalue weighted by Gasteiger charge is 2.23. The molecule has 1 aliphatic heterocycles. The Morgan fingerprint density at radius 3 is 2.60 bits per heavy atom. The molecule has 3 aromatic rings. The standard InChI is InChI=1S/C22H23ClN4O2S/c1-16-6-2-3-7-17(16)22-24-20(29-25-22)14-26-10-12-27(13-11-26)21(28)15-30-19-9-5-4-8-18(19)23/h2-9H,10-15H2,1H3. The van der Waals surface area contributed by atoms with E-state index in [1.165, 1.54) is 11.8 Å². The fraction of sp³-hybridized carbons (Fsp3) is 0.318. The number of hydrogen-bond acceptors (Lipinski definition) is 6. The summed E-state index contributed by atoms with van der Waals surface area (Å²) in [5, 5.41) is 4.81. The highest BCUT2D eigenvalue weighted by atomic mass is 35.5. The molecule has 1 fully saturated rings. The molecule has 6 nitrogen and oxygen atoms in total. The van der Waals surface area contributed by atoms with E-state index in [1.807, 2.05) is 60.4 Å². The summed E-state index contributed by atoms with van der Waals surface area (Å²) >= 11 is 7.65. The summed E-state index contributed by atoms with van der Waals surface area (Å²) in [7, 11) is 0. The molecule has 0 unspecified atom stereocenters. The SMILES string of the molecule is Cc1ccccc1-c1noc(CN2CCN(C(=O)CSc3ccccc3Cl)CC2)n1. The average molecular weight is 443 g/mol. The average Bonchev–Trinajstić information content (AvgIpc) is 3.22. The fourth-order valence-corrected chi connectivity index (χ4v) is 4.53. The predicted octanol–water partition coefficient (Wildman–Crippen LogP) is 4.13. The number of hydrogen-bond donors (Lipinski definition) is 0. The summed E-state index contributed by atoms with van der Waals surface area (Å²) in [6.07, 6.45) is 0. The lowest BCUT2D eigenvalue weighted by Crippen LogP contribution is -2.48. The van der Waals surface area contributed by atoms with E-state index in [4.69, 9.17) is 16.1 Å². The number of thioether (sulfide) groups is 1. The summed E-state index contributed by atoms with van der Waals surface area (Å²) in [5.41, 5.74) is 2.10. The smallest absolute Gasteiger partial charge is 0.241 e. The van der Waals surface area contributed by atoms with E-state index < -0.39 is 0 Å². The van der Waals surface area contributed by atoms with Gasteiger partial charge in [0.25, 0.3) is 0 Å². The maximum absolute atomic E-state index is 12.5. The molecule has 1 aliphatic rings. The molecule has 1 amide bonds. The second-order valence-electron chi connectivity index (χ2n) is 7.20. The van der Waals surface area contributed by atoms with Gasteiger partial charge in [-0.2, -0.15) is 4.98 Å². The van der Waals surface area contributed by atoms with Crippen LogP contribution in [0.4, 0.5) is 0 Å². The number of piperazine rings is 1. The quantitative estimate of drug-likeness (QED) is 0.535. The van der Waals surface area contributed by atoms with E-state index in [2.05, 4.69) is 15.0 Å². The number of amides is 1. The van der Waals surface area contributed by atoms with Crippen molar-refractivity contribution in [3.63, 3.8) is 0 Å². The van der Waals surface area contributed by atoms with Crippen LogP contribution in [-0.2, 0) is 11.3 Å². The lowest BCUT2D eigenvalue weighted by Gasteiger charge is -2.33. The summed E-state index contributed by atoms with van der Waals surface area (Å²) in [6.45, 7) is 5.58. The van der Waals surface area contributed by atoms with E-state index in [9.17, 15) is 4.79 Å². The number of aromatic nitrogens is 2. The molecule has 0 aliphatic carbocycles. The van der Waals surface area contributed by atoms with Crippen LogP contribution in [0, 0.1) is 6.92 Å². The molecule has 2 aromatic carbocycles. The van der Waals surface area contributed by atoms with Crippen molar-refractivity contribution in [2.24, 2.45) is 0 Å². The number of nitrogens with zero attached hydrogens (tertiary/aromatic N) is 4. The highest BCUT2D eigenvalue weighted by Crippen LogP contribution is 2.27. The molecular weight excluding hydrogens is 420 g/mol. The minimum atomic E-state index is 0.138. The van der Waals surface area contributed by atoms with Gasteiger partial charge in [-0.1, -0.05) is 53.2 Å². The van der Waals surface area contributed by atoms with E-state index in [0.29, 0.717) is 42.1 Å². The molecule has 1 aromatic heterocycles. The molecule has 8 heteroatoms. The first kappa shape index (κ1) is 20.9. The molecule has 0 saturated carbocycles. The zero-order valence-corrected chi connectivity index (χ0v) is 18.3. The van der Waals surface area contributed by atoms with Crippen LogP contribution in [0.2, 0.25) is 5.02 Å². The summed E-state index contributed by atoms with van der Waals surface area (Å²) < 4.78 is 5.45. The van der Waals surface area contributed by atoms with Crippen LogP contribution < -0.4 is 0 Å². The van der Waals surface area contributed by atoms with Gasteiger partial charge in [0.05, 0.1) is 17.3 Å². The maximum Gasteiger partial charge on any atom is 0.241 e. The Morgan fingerprint density at radius 1 is 1.10 bits per heavy atom. The maximum atomic E-state index is 12.5. The number of rotatable bonds is 6. The Labute approximate surface area is 185 Å². The first-order chi connectivity index (χ1) is 14.6. The highest BCUT2D eigenvalue weighted by molar-refractivity contribution is 8.00. The van der Waals surface area contributed by atoms with Crippen LogP contribution >= 0.6 is 23.4 Å². The molecule has 2 heterocycles. The van der Waals surface area contributed by atoms with Crippen LogP contribution in [-0.4, -0.2) is 57.8 Å². The first-order valence-electron chi connectivity index (χ1n) is 9.86. The number of carbonyl (C=O) groups is 1. The molecule has 156 valence electrons. The molecule has 1 saturated heterocycles. The minimum Gasteiger partial charge on any atom is -0.339 e. The van der Waals surface area contributed by atoms with Gasteiger partial charge in [0.1, 0.15) is 0 Å². The predicted molar refractivity (Wildman–Crippen MR) is 119 cm³/mol. The van der Waals surface area contributed by atoms with Gasteiger partial charge >= 0.3 is 0 Å². The molecule has 30 heavy (non-hydrogen) atoms.